The van der Waals surface area contributed by atoms with E-state index < -0.39 is 12.4 Å². The average molecular weight is 246 g/mol. The third-order valence-electron chi connectivity index (χ3n) is 1.95. The second kappa shape index (κ2) is 6.48. The highest BCUT2D eigenvalue weighted by Gasteiger charge is 2.08. The zero-order valence-electron chi connectivity index (χ0n) is 8.53. The van der Waals surface area contributed by atoms with E-state index in [4.69, 9.17) is 5.11 Å². The Morgan fingerprint density at radius 1 is 1.38 bits per heavy atom. The van der Waals surface area contributed by atoms with Crippen molar-refractivity contribution in [3.05, 3.63) is 29.8 Å². The maximum atomic E-state index is 12.1. The maximum Gasteiger partial charge on any atom is 0.303 e. The molecule has 0 unspecified atom stereocenters. The SMILES string of the molecule is O=C(O)CCc1ccccc1SCC(F)F. The summed E-state index contributed by atoms with van der Waals surface area (Å²) in [5.74, 6) is -1.14. The van der Waals surface area contributed by atoms with Crippen LogP contribution < -0.4 is 0 Å². The van der Waals surface area contributed by atoms with E-state index in [-0.39, 0.29) is 12.2 Å². The van der Waals surface area contributed by atoms with E-state index in [2.05, 4.69) is 0 Å². The van der Waals surface area contributed by atoms with Gasteiger partial charge < -0.3 is 5.11 Å². The van der Waals surface area contributed by atoms with Gasteiger partial charge in [0.25, 0.3) is 0 Å². The predicted octanol–water partition coefficient (Wildman–Crippen LogP) is 3.06. The number of hydrogen-bond donors (Lipinski definition) is 1. The molecule has 0 aliphatic rings. The highest BCUT2D eigenvalue weighted by atomic mass is 32.2. The molecule has 0 spiro atoms. The number of carboxylic acid groups (broad SMARTS) is 1. The van der Waals surface area contributed by atoms with Crippen LogP contribution in [-0.2, 0) is 11.2 Å². The number of rotatable bonds is 6. The van der Waals surface area contributed by atoms with Gasteiger partial charge in [-0.1, -0.05) is 18.2 Å². The van der Waals surface area contributed by atoms with Crippen molar-refractivity contribution in [2.24, 2.45) is 0 Å². The summed E-state index contributed by atoms with van der Waals surface area (Å²) in [7, 11) is 0. The fraction of sp³-hybridized carbons (Fsp3) is 0.364. The number of aryl methyl sites for hydroxylation is 1. The Hall–Kier alpha value is -1.10. The van der Waals surface area contributed by atoms with Crippen molar-refractivity contribution < 1.29 is 18.7 Å². The number of thioether (sulfide) groups is 1. The molecule has 0 fully saturated rings. The number of alkyl halides is 2. The third kappa shape index (κ3) is 4.61. The summed E-state index contributed by atoms with van der Waals surface area (Å²) in [6.07, 6.45) is -1.95. The van der Waals surface area contributed by atoms with Gasteiger partial charge in [0.1, 0.15) is 0 Å². The molecule has 0 heterocycles. The maximum absolute atomic E-state index is 12.1. The lowest BCUT2D eigenvalue weighted by atomic mass is 10.1. The van der Waals surface area contributed by atoms with E-state index in [0.29, 0.717) is 6.42 Å². The van der Waals surface area contributed by atoms with Crippen molar-refractivity contribution in [3.8, 4) is 0 Å². The molecule has 1 N–H and O–H groups in total. The van der Waals surface area contributed by atoms with Crippen LogP contribution in [0, 0.1) is 0 Å². The molecule has 16 heavy (non-hydrogen) atoms. The fourth-order valence-electron chi connectivity index (χ4n) is 1.25. The second-order valence-electron chi connectivity index (χ2n) is 3.20. The van der Waals surface area contributed by atoms with Crippen molar-refractivity contribution >= 4 is 17.7 Å². The topological polar surface area (TPSA) is 37.3 Å². The Bertz CT molecular complexity index is 356. The van der Waals surface area contributed by atoms with Crippen molar-refractivity contribution in [3.63, 3.8) is 0 Å². The molecule has 0 bridgehead atoms. The van der Waals surface area contributed by atoms with Crippen LogP contribution in [0.1, 0.15) is 12.0 Å². The van der Waals surface area contributed by atoms with Gasteiger partial charge in [-0.25, -0.2) is 8.78 Å². The second-order valence-corrected chi connectivity index (χ2v) is 4.27. The summed E-state index contributed by atoms with van der Waals surface area (Å²) in [4.78, 5) is 11.2. The van der Waals surface area contributed by atoms with E-state index in [1.54, 1.807) is 24.3 Å². The lowest BCUT2D eigenvalue weighted by molar-refractivity contribution is -0.136. The van der Waals surface area contributed by atoms with Gasteiger partial charge >= 0.3 is 5.97 Å². The highest BCUT2D eigenvalue weighted by Crippen LogP contribution is 2.25. The lowest BCUT2D eigenvalue weighted by Gasteiger charge is -2.07. The molecule has 1 aromatic carbocycles. The summed E-state index contributed by atoms with van der Waals surface area (Å²) in [5, 5.41) is 8.56. The van der Waals surface area contributed by atoms with Gasteiger partial charge in [-0.2, -0.15) is 0 Å². The molecular formula is C11H12F2O2S. The smallest absolute Gasteiger partial charge is 0.303 e. The first-order valence-electron chi connectivity index (χ1n) is 4.80. The molecule has 1 aromatic rings. The minimum absolute atomic E-state index is 0.0201. The number of halogens is 2. The zero-order valence-corrected chi connectivity index (χ0v) is 9.34. The molecule has 0 aliphatic heterocycles. The molecule has 0 aliphatic carbocycles. The Balaban J connectivity index is 2.63. The third-order valence-corrected chi connectivity index (χ3v) is 3.07. The summed E-state index contributed by atoms with van der Waals surface area (Å²) >= 11 is 1.06. The van der Waals surface area contributed by atoms with E-state index >= 15 is 0 Å². The zero-order chi connectivity index (χ0) is 12.0. The van der Waals surface area contributed by atoms with Crippen LogP contribution in [0.5, 0.6) is 0 Å². The van der Waals surface area contributed by atoms with Crippen molar-refractivity contribution in [2.45, 2.75) is 24.2 Å². The summed E-state index contributed by atoms with van der Waals surface area (Å²) in [6.45, 7) is 0. The van der Waals surface area contributed by atoms with E-state index in [0.717, 1.165) is 22.2 Å². The normalized spacial score (nSPS) is 10.7. The molecule has 0 atom stereocenters. The number of carbonyl (C=O) groups is 1. The molecule has 0 radical (unpaired) electrons. The van der Waals surface area contributed by atoms with Gasteiger partial charge in [-0.3, -0.25) is 4.79 Å². The standard InChI is InChI=1S/C11H12F2O2S/c12-10(13)7-16-9-4-2-1-3-8(9)5-6-11(14)15/h1-4,10H,5-7H2,(H,14,15). The molecule has 0 aromatic heterocycles. The monoisotopic (exact) mass is 246 g/mol. The van der Waals surface area contributed by atoms with Crippen LogP contribution in [0.2, 0.25) is 0 Å². The van der Waals surface area contributed by atoms with Crippen LogP contribution in [0.15, 0.2) is 29.2 Å². The van der Waals surface area contributed by atoms with Gasteiger partial charge in [0.15, 0.2) is 0 Å². The van der Waals surface area contributed by atoms with Gasteiger partial charge in [0.05, 0.1) is 5.75 Å². The van der Waals surface area contributed by atoms with Gasteiger partial charge in [0, 0.05) is 11.3 Å². The van der Waals surface area contributed by atoms with E-state index in [9.17, 15) is 13.6 Å². The highest BCUT2D eigenvalue weighted by molar-refractivity contribution is 7.99. The largest absolute Gasteiger partial charge is 0.481 e. The quantitative estimate of drug-likeness (QED) is 0.784. The van der Waals surface area contributed by atoms with Crippen LogP contribution in [0.3, 0.4) is 0 Å². The Morgan fingerprint density at radius 2 is 2.06 bits per heavy atom. The fourth-order valence-corrected chi connectivity index (χ4v) is 2.08. The van der Waals surface area contributed by atoms with Gasteiger partial charge in [-0.05, 0) is 18.1 Å². The van der Waals surface area contributed by atoms with Crippen molar-refractivity contribution in [2.75, 3.05) is 5.75 Å². The van der Waals surface area contributed by atoms with Crippen molar-refractivity contribution in [1.29, 1.82) is 0 Å². The molecular weight excluding hydrogens is 234 g/mol. The summed E-state index contributed by atoms with van der Waals surface area (Å²) in [6, 6.07) is 7.06. The van der Waals surface area contributed by atoms with Crippen molar-refractivity contribution in [1.82, 2.24) is 0 Å². The lowest BCUT2D eigenvalue weighted by Crippen LogP contribution is -2.00. The minimum atomic E-state index is -2.35. The number of aliphatic carboxylic acids is 1. The van der Waals surface area contributed by atoms with Gasteiger partial charge in [0.2, 0.25) is 6.43 Å². The van der Waals surface area contributed by atoms with Crippen LogP contribution in [-0.4, -0.2) is 23.3 Å². The Morgan fingerprint density at radius 3 is 2.69 bits per heavy atom. The molecule has 0 saturated heterocycles. The Labute approximate surface area is 96.7 Å². The number of benzene rings is 1. The first kappa shape index (κ1) is 13.0. The average Bonchev–Trinajstić information content (AvgIpc) is 2.24. The molecule has 2 nitrogen and oxygen atoms in total. The number of hydrogen-bond acceptors (Lipinski definition) is 2. The first-order valence-corrected chi connectivity index (χ1v) is 5.79. The minimum Gasteiger partial charge on any atom is -0.481 e. The molecule has 0 saturated carbocycles. The van der Waals surface area contributed by atoms with Crippen LogP contribution in [0.4, 0.5) is 8.78 Å². The molecule has 0 amide bonds. The first-order chi connectivity index (χ1) is 7.59. The van der Waals surface area contributed by atoms with Crippen LogP contribution >= 0.6 is 11.8 Å². The van der Waals surface area contributed by atoms with E-state index in [1.807, 2.05) is 0 Å². The van der Waals surface area contributed by atoms with E-state index in [1.165, 1.54) is 0 Å². The predicted molar refractivity (Wildman–Crippen MR) is 59.1 cm³/mol. The molecule has 5 heteroatoms. The Kier molecular flexibility index (Phi) is 5.25. The number of carboxylic acids is 1. The summed E-state index contributed by atoms with van der Waals surface area (Å²) in [5.41, 5.74) is 0.815. The summed E-state index contributed by atoms with van der Waals surface area (Å²) < 4.78 is 24.1. The van der Waals surface area contributed by atoms with Gasteiger partial charge in [-0.15, -0.1) is 11.8 Å². The van der Waals surface area contributed by atoms with Crippen LogP contribution in [0.25, 0.3) is 0 Å². The molecule has 1 rings (SSSR count). The molecule has 88 valence electrons.